The summed E-state index contributed by atoms with van der Waals surface area (Å²) in [6.07, 6.45) is -9.57. The number of carbonyl (C=O) groups excluding carboxylic acids is 2. The highest BCUT2D eigenvalue weighted by Gasteiger charge is 2.43. The Morgan fingerprint density at radius 3 is 2.07 bits per heavy atom. The zero-order valence-electron chi connectivity index (χ0n) is 15.3. The minimum Gasteiger partial charge on any atom is -0.462 e. The van der Waals surface area contributed by atoms with Crippen LogP contribution < -0.4 is 0 Å². The van der Waals surface area contributed by atoms with Crippen LogP contribution in [-0.2, 0) is 28.9 Å². The quantitative estimate of drug-likeness (QED) is 0.580. The summed E-state index contributed by atoms with van der Waals surface area (Å²) in [6, 6.07) is 0. The first-order chi connectivity index (χ1) is 13.3. The third kappa shape index (κ3) is 4.38. The highest BCUT2D eigenvalue weighted by atomic mass is 19.4. The maximum atomic E-state index is 13.4. The number of ether oxygens (including phenoxy) is 2. The molecule has 0 aliphatic carbocycles. The Morgan fingerprint density at radius 2 is 1.59 bits per heavy atom. The van der Waals surface area contributed by atoms with Crippen LogP contribution in [0.3, 0.4) is 0 Å². The number of halogens is 6. The molecule has 0 aliphatic rings. The van der Waals surface area contributed by atoms with Gasteiger partial charge in [0, 0.05) is 13.2 Å². The van der Waals surface area contributed by atoms with Crippen LogP contribution in [0.2, 0.25) is 0 Å². The minimum absolute atomic E-state index is 0.255. The molecule has 0 spiro atoms. The van der Waals surface area contributed by atoms with Gasteiger partial charge in [0.25, 0.3) is 0 Å². The largest absolute Gasteiger partial charge is 0.462 e. The molecule has 0 atom stereocenters. The van der Waals surface area contributed by atoms with Crippen molar-refractivity contribution in [3.63, 3.8) is 0 Å². The number of alkyl halides is 6. The normalized spacial score (nSPS) is 12.2. The number of imidazole rings is 1. The van der Waals surface area contributed by atoms with E-state index in [2.05, 4.69) is 14.5 Å². The molecular weight excluding hydrogens is 412 g/mol. The van der Waals surface area contributed by atoms with E-state index in [-0.39, 0.29) is 13.2 Å². The van der Waals surface area contributed by atoms with Crippen LogP contribution in [-0.4, -0.2) is 39.7 Å². The molecule has 13 heteroatoms. The number of rotatable bonds is 5. The molecular formula is C16H15F6N3O4. The van der Waals surface area contributed by atoms with Gasteiger partial charge in [0.15, 0.2) is 17.2 Å². The van der Waals surface area contributed by atoms with Crippen molar-refractivity contribution in [1.29, 1.82) is 0 Å². The maximum Gasteiger partial charge on any atom is 0.433 e. The van der Waals surface area contributed by atoms with Gasteiger partial charge in [0.2, 0.25) is 0 Å². The summed E-state index contributed by atoms with van der Waals surface area (Å²) in [5, 5.41) is 0. The predicted molar refractivity (Wildman–Crippen MR) is 84.9 cm³/mol. The molecule has 0 radical (unpaired) electrons. The molecule has 0 unspecified atom stereocenters. The van der Waals surface area contributed by atoms with E-state index in [9.17, 15) is 35.9 Å². The maximum absolute atomic E-state index is 13.4. The van der Waals surface area contributed by atoms with Crippen LogP contribution in [0, 0.1) is 0 Å². The van der Waals surface area contributed by atoms with Crippen LogP contribution in [0.25, 0.3) is 11.5 Å². The number of aromatic nitrogens is 3. The highest BCUT2D eigenvalue weighted by molar-refractivity contribution is 5.98. The fourth-order valence-electron chi connectivity index (χ4n) is 2.57. The first kappa shape index (κ1) is 22.3. The highest BCUT2D eigenvalue weighted by Crippen LogP contribution is 2.39. The molecule has 0 amide bonds. The number of H-pyrrole nitrogens is 1. The van der Waals surface area contributed by atoms with Crippen molar-refractivity contribution in [2.24, 2.45) is 7.05 Å². The Hall–Kier alpha value is -2.99. The molecule has 0 aromatic carbocycles. The van der Waals surface area contributed by atoms with Crippen molar-refractivity contribution in [2.45, 2.75) is 26.2 Å². The fourth-order valence-corrected chi connectivity index (χ4v) is 2.57. The van der Waals surface area contributed by atoms with Crippen LogP contribution in [0.5, 0.6) is 0 Å². The third-order valence-electron chi connectivity index (χ3n) is 3.65. The Morgan fingerprint density at radius 1 is 1.03 bits per heavy atom. The van der Waals surface area contributed by atoms with Crippen LogP contribution in [0.4, 0.5) is 26.3 Å². The lowest BCUT2D eigenvalue weighted by atomic mass is 10.1. The second-order valence-corrected chi connectivity index (χ2v) is 5.62. The lowest BCUT2D eigenvalue weighted by molar-refractivity contribution is -0.141. The molecule has 2 aromatic rings. The van der Waals surface area contributed by atoms with E-state index in [0.717, 1.165) is 11.6 Å². The van der Waals surface area contributed by atoms with Crippen molar-refractivity contribution in [3.05, 3.63) is 28.7 Å². The fraction of sp³-hybridized carbons (Fsp3) is 0.438. The van der Waals surface area contributed by atoms with Gasteiger partial charge in [-0.3, -0.25) is 0 Å². The molecule has 0 fully saturated rings. The average Bonchev–Trinajstić information content (AvgIpc) is 3.15. The third-order valence-corrected chi connectivity index (χ3v) is 3.65. The number of aromatic amines is 1. The van der Waals surface area contributed by atoms with Gasteiger partial charge in [0.1, 0.15) is 5.56 Å². The van der Waals surface area contributed by atoms with Crippen LogP contribution in [0.1, 0.15) is 46.0 Å². The summed E-state index contributed by atoms with van der Waals surface area (Å²) >= 11 is 0. The Balaban J connectivity index is 2.79. The van der Waals surface area contributed by atoms with E-state index >= 15 is 0 Å². The SMILES string of the molecule is CCOC(=O)c1nc(-c2c(C(=O)OCC)c(C(F)(F)F)cn2C)[nH]c1C(F)(F)F. The molecule has 0 bridgehead atoms. The summed E-state index contributed by atoms with van der Waals surface area (Å²) < 4.78 is 89.9. The van der Waals surface area contributed by atoms with Crippen LogP contribution >= 0.6 is 0 Å². The molecule has 0 aliphatic heterocycles. The minimum atomic E-state index is -5.09. The molecule has 160 valence electrons. The van der Waals surface area contributed by atoms with E-state index in [0.29, 0.717) is 6.20 Å². The van der Waals surface area contributed by atoms with Crippen molar-refractivity contribution in [3.8, 4) is 11.5 Å². The van der Waals surface area contributed by atoms with E-state index in [1.54, 1.807) is 4.98 Å². The second-order valence-electron chi connectivity index (χ2n) is 5.62. The standard InChI is InChI=1S/C16H15F6N3O4/c1-4-28-13(26)8-7(15(17,18)19)6-25(3)10(8)12-23-9(14(27)29-5-2)11(24-12)16(20,21)22/h6H,4-5H2,1-3H3,(H,23,24). The van der Waals surface area contributed by atoms with Gasteiger partial charge < -0.3 is 19.0 Å². The number of hydrogen-bond acceptors (Lipinski definition) is 5. The number of hydrogen-bond donors (Lipinski definition) is 1. The van der Waals surface area contributed by atoms with Gasteiger partial charge in [-0.15, -0.1) is 0 Å². The number of nitrogens with zero attached hydrogens (tertiary/aromatic N) is 2. The van der Waals surface area contributed by atoms with Crippen molar-refractivity contribution in [1.82, 2.24) is 14.5 Å². The first-order valence-electron chi connectivity index (χ1n) is 8.11. The molecule has 1 N–H and O–H groups in total. The lowest BCUT2D eigenvalue weighted by Gasteiger charge is -2.09. The van der Waals surface area contributed by atoms with Gasteiger partial charge in [-0.05, 0) is 13.8 Å². The zero-order chi connectivity index (χ0) is 22.1. The summed E-state index contributed by atoms with van der Waals surface area (Å²) in [6.45, 7) is 2.17. The van der Waals surface area contributed by atoms with Gasteiger partial charge >= 0.3 is 24.3 Å². The van der Waals surface area contributed by atoms with Crippen molar-refractivity contribution in [2.75, 3.05) is 13.2 Å². The monoisotopic (exact) mass is 427 g/mol. The van der Waals surface area contributed by atoms with Crippen molar-refractivity contribution < 1.29 is 45.4 Å². The molecule has 0 saturated heterocycles. The van der Waals surface area contributed by atoms with Crippen LogP contribution in [0.15, 0.2) is 6.20 Å². The van der Waals surface area contributed by atoms with E-state index in [1.165, 1.54) is 13.8 Å². The number of carbonyl (C=O) groups is 2. The van der Waals surface area contributed by atoms with Gasteiger partial charge in [-0.1, -0.05) is 0 Å². The molecule has 7 nitrogen and oxygen atoms in total. The Kier molecular flexibility index (Phi) is 5.99. The topological polar surface area (TPSA) is 86.2 Å². The summed E-state index contributed by atoms with van der Waals surface area (Å²) in [5.74, 6) is -3.61. The van der Waals surface area contributed by atoms with E-state index in [4.69, 9.17) is 0 Å². The van der Waals surface area contributed by atoms with Crippen molar-refractivity contribution >= 4 is 11.9 Å². The Bertz CT molecular complexity index is 926. The zero-order valence-corrected chi connectivity index (χ0v) is 15.3. The average molecular weight is 427 g/mol. The molecule has 0 saturated carbocycles. The van der Waals surface area contributed by atoms with Gasteiger partial charge in [0.05, 0.1) is 24.5 Å². The number of nitrogens with one attached hydrogen (secondary N) is 1. The summed E-state index contributed by atoms with van der Waals surface area (Å²) in [7, 11) is 1.08. The predicted octanol–water partition coefficient (Wildman–Crippen LogP) is 3.81. The van der Waals surface area contributed by atoms with Gasteiger partial charge in [-0.2, -0.15) is 26.3 Å². The molecule has 2 aromatic heterocycles. The smallest absolute Gasteiger partial charge is 0.433 e. The van der Waals surface area contributed by atoms with Gasteiger partial charge in [-0.25, -0.2) is 14.6 Å². The molecule has 2 rings (SSSR count). The molecule has 29 heavy (non-hydrogen) atoms. The summed E-state index contributed by atoms with van der Waals surface area (Å²) in [5.41, 5.74) is -5.86. The Labute approximate surface area is 159 Å². The van der Waals surface area contributed by atoms with E-state index in [1.807, 2.05) is 0 Å². The first-order valence-corrected chi connectivity index (χ1v) is 8.11. The van der Waals surface area contributed by atoms with E-state index < -0.39 is 58.3 Å². The lowest BCUT2D eigenvalue weighted by Crippen LogP contribution is -2.15. The molecule has 2 heterocycles. The second kappa shape index (κ2) is 7.79. The summed E-state index contributed by atoms with van der Waals surface area (Å²) in [4.78, 5) is 29.3. The number of aryl methyl sites for hydroxylation is 1. The number of esters is 2.